The molecule has 6 rings (SSSR count). The van der Waals surface area contributed by atoms with Gasteiger partial charge in [-0.2, -0.15) is 0 Å². The van der Waals surface area contributed by atoms with Crippen molar-refractivity contribution >= 4 is 40.5 Å². The fourth-order valence-electron chi connectivity index (χ4n) is 6.57. The second-order valence-electron chi connectivity index (χ2n) is 12.6. The third-order valence-electron chi connectivity index (χ3n) is 8.91. The van der Waals surface area contributed by atoms with E-state index in [0.717, 1.165) is 34.0 Å². The number of nitrogens with one attached hydrogen (secondary N) is 1. The molecule has 8 nitrogen and oxygen atoms in total. The number of carbonyl (C=O) groups is 4. The second-order valence-corrected chi connectivity index (χ2v) is 12.6. The van der Waals surface area contributed by atoms with Crippen LogP contribution in [0.1, 0.15) is 65.6 Å². The number of fused-ring (bicyclic) bond motifs is 4. The number of aromatic amines is 1. The fraction of sp³-hybridized carbons (Fsp3) is 0.394. The van der Waals surface area contributed by atoms with Crippen LogP contribution in [0.25, 0.3) is 17.0 Å². The topological polar surface area (TPSA) is 99.8 Å². The maximum Gasteiger partial charge on any atom is 0.337 e. The minimum atomic E-state index is -0.444. The van der Waals surface area contributed by atoms with Crippen LogP contribution in [0.3, 0.4) is 0 Å². The van der Waals surface area contributed by atoms with Gasteiger partial charge in [-0.15, -0.1) is 0 Å². The zero-order chi connectivity index (χ0) is 29.1. The molecule has 2 amide bonds. The van der Waals surface area contributed by atoms with Crippen LogP contribution in [0, 0.1) is 11.3 Å². The van der Waals surface area contributed by atoms with E-state index in [1.165, 1.54) is 7.11 Å². The molecule has 2 bridgehead atoms. The Kier molecular flexibility index (Phi) is 6.59. The van der Waals surface area contributed by atoms with Crippen molar-refractivity contribution in [3.8, 4) is 0 Å². The van der Waals surface area contributed by atoms with Crippen LogP contribution in [-0.2, 0) is 20.7 Å². The highest BCUT2D eigenvalue weighted by atomic mass is 16.5. The van der Waals surface area contributed by atoms with E-state index in [1.807, 2.05) is 60.9 Å². The van der Waals surface area contributed by atoms with Crippen molar-refractivity contribution in [2.75, 3.05) is 20.2 Å². The Morgan fingerprint density at radius 1 is 1.00 bits per heavy atom. The first-order valence-corrected chi connectivity index (χ1v) is 14.2. The molecule has 1 aromatic heterocycles. The summed E-state index contributed by atoms with van der Waals surface area (Å²) in [5.74, 6) is -0.952. The van der Waals surface area contributed by atoms with Gasteiger partial charge in [-0.25, -0.2) is 4.79 Å². The van der Waals surface area contributed by atoms with Crippen LogP contribution in [-0.4, -0.2) is 70.6 Å². The van der Waals surface area contributed by atoms with Gasteiger partial charge in [0.15, 0.2) is 5.78 Å². The van der Waals surface area contributed by atoms with Gasteiger partial charge in [0.1, 0.15) is 5.69 Å². The maximum absolute atomic E-state index is 13.9. The van der Waals surface area contributed by atoms with Crippen LogP contribution < -0.4 is 0 Å². The highest BCUT2D eigenvalue weighted by Crippen LogP contribution is 2.38. The number of Topliss-reactive ketones (excluding diaryl/α,β-unsaturated/α-hetero) is 1. The Morgan fingerprint density at radius 2 is 1.73 bits per heavy atom. The number of hydrogen-bond donors (Lipinski definition) is 1. The maximum atomic E-state index is 13.9. The molecule has 3 atom stereocenters. The first-order chi connectivity index (χ1) is 19.5. The molecule has 0 saturated carbocycles. The summed E-state index contributed by atoms with van der Waals surface area (Å²) in [6.45, 7) is 6.99. The minimum absolute atomic E-state index is 0.00233. The quantitative estimate of drug-likeness (QED) is 0.449. The van der Waals surface area contributed by atoms with Crippen molar-refractivity contribution < 1.29 is 23.9 Å². The summed E-state index contributed by atoms with van der Waals surface area (Å²) in [7, 11) is 1.34. The number of benzene rings is 2. The normalized spacial score (nSPS) is 20.2. The summed E-state index contributed by atoms with van der Waals surface area (Å²) in [5.41, 5.74) is 4.25. The molecule has 8 heteroatoms. The molecule has 0 spiro atoms. The molecule has 0 unspecified atom stereocenters. The largest absolute Gasteiger partial charge is 0.465 e. The van der Waals surface area contributed by atoms with Crippen molar-refractivity contribution in [1.29, 1.82) is 0 Å². The molecule has 2 aromatic carbocycles. The number of aromatic nitrogens is 1. The number of methoxy groups -OCH3 is 1. The van der Waals surface area contributed by atoms with Crippen LogP contribution >= 0.6 is 0 Å². The molecule has 3 heterocycles. The van der Waals surface area contributed by atoms with Crippen molar-refractivity contribution in [2.24, 2.45) is 11.3 Å². The number of amides is 2. The number of H-pyrrole nitrogens is 1. The number of ether oxygens (including phenoxy) is 1. The smallest absolute Gasteiger partial charge is 0.337 e. The lowest BCUT2D eigenvalue weighted by Gasteiger charge is -2.39. The highest BCUT2D eigenvalue weighted by Gasteiger charge is 2.50. The Hall–Kier alpha value is -4.20. The van der Waals surface area contributed by atoms with E-state index in [2.05, 4.69) is 4.98 Å². The third-order valence-corrected chi connectivity index (χ3v) is 8.91. The lowest BCUT2D eigenvalue weighted by molar-refractivity contribution is -0.143. The molecular formula is C33H35N3O5. The first kappa shape index (κ1) is 27.0. The SMILES string of the molecule is COC(=O)c1ccc2[nH]c(C(=O)N3C[C@@H]4C[C@H]3CN4C(=O)[C@@H](CC(=O)C3=Cc4ccccc4C3)C(C)(C)C)cc2c1. The Morgan fingerprint density at radius 3 is 2.41 bits per heavy atom. The standard InChI is InChI=1S/C33H35N3O5/c1-33(2,3)26(16-29(37)23-11-19-7-5-6-8-20(19)12-23)30(38)35-17-25-15-24(35)18-36(25)31(39)28-14-22-13-21(32(40)41-4)9-10-27(22)34-28/h5-11,13-14,24-26,34H,12,15-18H2,1-4H3/t24-,25-,26+/m0/s1. The molecule has 0 radical (unpaired) electrons. The molecule has 1 aliphatic carbocycles. The lowest BCUT2D eigenvalue weighted by Crippen LogP contribution is -2.53. The van der Waals surface area contributed by atoms with Crippen LogP contribution in [0.4, 0.5) is 0 Å². The summed E-state index contributed by atoms with van der Waals surface area (Å²) >= 11 is 0. The zero-order valence-corrected chi connectivity index (χ0v) is 23.9. The van der Waals surface area contributed by atoms with E-state index in [0.29, 0.717) is 30.8 Å². The van der Waals surface area contributed by atoms with Crippen LogP contribution in [0.2, 0.25) is 0 Å². The summed E-state index contributed by atoms with van der Waals surface area (Å²) in [6.07, 6.45) is 3.49. The Labute approximate surface area is 239 Å². The van der Waals surface area contributed by atoms with E-state index >= 15 is 0 Å². The predicted molar refractivity (Wildman–Crippen MR) is 155 cm³/mol. The summed E-state index contributed by atoms with van der Waals surface area (Å²) in [4.78, 5) is 59.6. The van der Waals surface area contributed by atoms with E-state index in [1.54, 1.807) is 24.3 Å². The molecule has 3 aromatic rings. The Bertz CT molecular complexity index is 1610. The molecule has 1 N–H and O–H groups in total. The van der Waals surface area contributed by atoms with Crippen LogP contribution in [0.15, 0.2) is 54.1 Å². The minimum Gasteiger partial charge on any atom is -0.465 e. The highest BCUT2D eigenvalue weighted by molar-refractivity contribution is 6.04. The fourth-order valence-corrected chi connectivity index (χ4v) is 6.57. The van der Waals surface area contributed by atoms with Crippen molar-refractivity contribution in [1.82, 2.24) is 14.8 Å². The number of allylic oxidation sites excluding steroid dienone is 1. The monoisotopic (exact) mass is 553 g/mol. The van der Waals surface area contributed by atoms with Gasteiger partial charge in [0.25, 0.3) is 5.91 Å². The molecule has 2 fully saturated rings. The molecule has 3 aliphatic rings. The predicted octanol–water partition coefficient (Wildman–Crippen LogP) is 4.64. The van der Waals surface area contributed by atoms with Gasteiger partial charge < -0.3 is 19.5 Å². The molecular weight excluding hydrogens is 518 g/mol. The third kappa shape index (κ3) is 4.85. The van der Waals surface area contributed by atoms with E-state index in [9.17, 15) is 19.2 Å². The average molecular weight is 554 g/mol. The van der Waals surface area contributed by atoms with Gasteiger partial charge >= 0.3 is 5.97 Å². The van der Waals surface area contributed by atoms with Gasteiger partial charge in [0.05, 0.1) is 30.7 Å². The number of nitrogens with zero attached hydrogens (tertiary/aromatic N) is 2. The van der Waals surface area contributed by atoms with Gasteiger partial charge in [0.2, 0.25) is 5.91 Å². The first-order valence-electron chi connectivity index (χ1n) is 14.2. The second kappa shape index (κ2) is 10.0. The molecule has 41 heavy (non-hydrogen) atoms. The van der Waals surface area contributed by atoms with Crippen molar-refractivity contribution in [3.05, 3.63) is 76.5 Å². The number of likely N-dealkylation sites (tertiary alicyclic amines) is 2. The average Bonchev–Trinajstić information content (AvgIpc) is 3.75. The van der Waals surface area contributed by atoms with Gasteiger partial charge in [0, 0.05) is 42.4 Å². The number of carbonyl (C=O) groups excluding carboxylic acids is 4. The summed E-state index contributed by atoms with van der Waals surface area (Å²) < 4.78 is 4.80. The molecule has 2 saturated heterocycles. The van der Waals surface area contributed by atoms with Crippen molar-refractivity contribution in [2.45, 2.75) is 52.1 Å². The van der Waals surface area contributed by atoms with E-state index in [4.69, 9.17) is 4.74 Å². The number of hydrogen-bond acceptors (Lipinski definition) is 5. The zero-order valence-electron chi connectivity index (χ0n) is 23.9. The molecule has 2 aliphatic heterocycles. The summed E-state index contributed by atoms with van der Waals surface area (Å²) in [5, 5.41) is 0.760. The number of rotatable bonds is 6. The molecule has 212 valence electrons. The van der Waals surface area contributed by atoms with Crippen molar-refractivity contribution in [3.63, 3.8) is 0 Å². The number of esters is 1. The van der Waals surface area contributed by atoms with Gasteiger partial charge in [-0.3, -0.25) is 14.4 Å². The van der Waals surface area contributed by atoms with E-state index in [-0.39, 0.29) is 41.5 Å². The lowest BCUT2D eigenvalue weighted by atomic mass is 9.76. The van der Waals surface area contributed by atoms with Crippen LogP contribution in [0.5, 0.6) is 0 Å². The van der Waals surface area contributed by atoms with Gasteiger partial charge in [-0.05, 0) is 53.3 Å². The number of ketones is 1. The summed E-state index contributed by atoms with van der Waals surface area (Å²) in [6, 6.07) is 14.8. The van der Waals surface area contributed by atoms with Gasteiger partial charge in [-0.1, -0.05) is 45.0 Å². The number of piperazine rings is 1. The Balaban J connectivity index is 1.14. The van der Waals surface area contributed by atoms with E-state index < -0.39 is 11.9 Å².